The molecule has 0 radical (unpaired) electrons. The zero-order valence-electron chi connectivity index (χ0n) is 14.4. The van der Waals surface area contributed by atoms with Gasteiger partial charge >= 0.3 is 0 Å². The van der Waals surface area contributed by atoms with E-state index in [9.17, 15) is 4.79 Å². The highest BCUT2D eigenvalue weighted by Gasteiger charge is 2.20. The first-order valence-electron chi connectivity index (χ1n) is 8.71. The zero-order chi connectivity index (χ0) is 17.7. The number of hydrogen-bond donors (Lipinski definition) is 1. The highest BCUT2D eigenvalue weighted by atomic mass is 16.3. The van der Waals surface area contributed by atoms with Crippen LogP contribution in [0.25, 0.3) is 22.1 Å². The van der Waals surface area contributed by atoms with E-state index in [2.05, 4.69) is 41.7 Å². The molecule has 0 saturated heterocycles. The van der Waals surface area contributed by atoms with E-state index in [1.54, 1.807) is 0 Å². The van der Waals surface area contributed by atoms with Gasteiger partial charge in [0.25, 0.3) is 5.91 Å². The molecule has 1 amide bonds. The summed E-state index contributed by atoms with van der Waals surface area (Å²) in [5, 5.41) is 3.96. The Morgan fingerprint density at radius 3 is 2.58 bits per heavy atom. The lowest BCUT2D eigenvalue weighted by Gasteiger charge is -2.07. The highest BCUT2D eigenvalue weighted by molar-refractivity contribution is 6.06. The summed E-state index contributed by atoms with van der Waals surface area (Å²) in [6, 6.07) is 22.2. The monoisotopic (exact) mass is 339 g/mol. The Kier molecular flexibility index (Phi) is 3.22. The smallest absolute Gasteiger partial charge is 0.291 e. The third-order valence-corrected chi connectivity index (χ3v) is 5.10. The maximum atomic E-state index is 12.7. The summed E-state index contributed by atoms with van der Waals surface area (Å²) >= 11 is 0. The van der Waals surface area contributed by atoms with E-state index < -0.39 is 0 Å². The third kappa shape index (κ3) is 2.25. The van der Waals surface area contributed by atoms with Crippen LogP contribution in [0.5, 0.6) is 0 Å². The number of aryl methyl sites for hydroxylation is 1. The van der Waals surface area contributed by atoms with E-state index >= 15 is 0 Å². The van der Waals surface area contributed by atoms with Gasteiger partial charge in [0, 0.05) is 16.6 Å². The summed E-state index contributed by atoms with van der Waals surface area (Å²) in [4.78, 5) is 12.7. The summed E-state index contributed by atoms with van der Waals surface area (Å²) in [7, 11) is 0. The fourth-order valence-electron chi connectivity index (χ4n) is 3.80. The maximum absolute atomic E-state index is 12.7. The third-order valence-electron chi connectivity index (χ3n) is 5.10. The lowest BCUT2D eigenvalue weighted by Crippen LogP contribution is -2.12. The minimum absolute atomic E-state index is 0.214. The maximum Gasteiger partial charge on any atom is 0.291 e. The summed E-state index contributed by atoms with van der Waals surface area (Å²) in [5.41, 5.74) is 7.50. The molecule has 1 aliphatic rings. The van der Waals surface area contributed by atoms with E-state index in [0.29, 0.717) is 5.76 Å². The van der Waals surface area contributed by atoms with Crippen LogP contribution < -0.4 is 5.32 Å². The normalized spacial score (nSPS) is 12.0. The Morgan fingerprint density at radius 2 is 1.69 bits per heavy atom. The number of para-hydroxylation sites is 1. The van der Waals surface area contributed by atoms with Gasteiger partial charge in [-0.05, 0) is 53.8 Å². The molecule has 3 heteroatoms. The summed E-state index contributed by atoms with van der Waals surface area (Å²) in [6.07, 6.45) is 0.902. The fraction of sp³-hybridized carbons (Fsp3) is 0.0870. The van der Waals surface area contributed by atoms with Crippen molar-refractivity contribution < 1.29 is 9.21 Å². The summed E-state index contributed by atoms with van der Waals surface area (Å²) < 4.78 is 5.76. The fourth-order valence-corrected chi connectivity index (χ4v) is 3.80. The van der Waals surface area contributed by atoms with E-state index in [0.717, 1.165) is 28.6 Å². The van der Waals surface area contributed by atoms with Crippen LogP contribution in [0.4, 0.5) is 5.69 Å². The summed E-state index contributed by atoms with van der Waals surface area (Å²) in [5.74, 6) is 0.157. The number of anilines is 1. The second-order valence-corrected chi connectivity index (χ2v) is 6.71. The van der Waals surface area contributed by atoms with Gasteiger partial charge in [-0.3, -0.25) is 4.79 Å². The number of rotatable bonds is 2. The van der Waals surface area contributed by atoms with Gasteiger partial charge in [-0.2, -0.15) is 0 Å². The van der Waals surface area contributed by atoms with Gasteiger partial charge in [-0.1, -0.05) is 48.5 Å². The number of carbonyl (C=O) groups excluding carboxylic acids is 1. The lowest BCUT2D eigenvalue weighted by molar-refractivity contribution is 0.0998. The Hall–Kier alpha value is -3.33. The minimum atomic E-state index is -0.214. The largest absolute Gasteiger partial charge is 0.451 e. The van der Waals surface area contributed by atoms with E-state index in [-0.39, 0.29) is 5.91 Å². The molecule has 4 aromatic rings. The second kappa shape index (κ2) is 5.60. The molecule has 26 heavy (non-hydrogen) atoms. The Labute approximate surface area is 151 Å². The second-order valence-electron chi connectivity index (χ2n) is 6.71. The molecule has 0 fully saturated rings. The van der Waals surface area contributed by atoms with Crippen LogP contribution in [-0.2, 0) is 6.42 Å². The van der Waals surface area contributed by atoms with Crippen LogP contribution in [-0.4, -0.2) is 5.91 Å². The van der Waals surface area contributed by atoms with Gasteiger partial charge < -0.3 is 9.73 Å². The molecule has 5 rings (SSSR count). The van der Waals surface area contributed by atoms with Crippen LogP contribution >= 0.6 is 0 Å². The van der Waals surface area contributed by atoms with Crippen molar-refractivity contribution in [3.05, 3.63) is 89.2 Å². The zero-order valence-corrected chi connectivity index (χ0v) is 14.4. The first-order valence-corrected chi connectivity index (χ1v) is 8.71. The number of benzene rings is 3. The van der Waals surface area contributed by atoms with Crippen LogP contribution in [0, 0.1) is 6.92 Å². The van der Waals surface area contributed by atoms with E-state index in [1.807, 2.05) is 37.3 Å². The Balaban J connectivity index is 1.46. The Morgan fingerprint density at radius 1 is 0.923 bits per heavy atom. The predicted molar refractivity (Wildman–Crippen MR) is 104 cm³/mol. The number of hydrogen-bond acceptors (Lipinski definition) is 2. The average Bonchev–Trinajstić information content (AvgIpc) is 3.19. The number of carbonyl (C=O) groups is 1. The van der Waals surface area contributed by atoms with Crippen molar-refractivity contribution in [3.8, 4) is 11.1 Å². The van der Waals surface area contributed by atoms with Gasteiger partial charge in [0.1, 0.15) is 5.58 Å². The Bertz CT molecular complexity index is 1170. The highest BCUT2D eigenvalue weighted by Crippen LogP contribution is 2.37. The molecule has 0 spiro atoms. The number of furan rings is 1. The van der Waals surface area contributed by atoms with Crippen molar-refractivity contribution in [1.82, 2.24) is 0 Å². The first kappa shape index (κ1) is 15.0. The first-order chi connectivity index (χ1) is 12.7. The molecular weight excluding hydrogens is 322 g/mol. The average molecular weight is 339 g/mol. The molecular formula is C23H17NO2. The molecule has 0 bridgehead atoms. The molecule has 1 N–H and O–H groups in total. The number of nitrogens with one attached hydrogen (secondary N) is 1. The van der Waals surface area contributed by atoms with Crippen LogP contribution in [0.1, 0.15) is 27.2 Å². The topological polar surface area (TPSA) is 42.2 Å². The van der Waals surface area contributed by atoms with Crippen LogP contribution in [0.3, 0.4) is 0 Å². The standard InChI is InChI=1S/C23H17NO2/c1-14-18-7-4-5-9-21(18)26-22(14)23(25)24-17-10-11-20-16(13-17)12-15-6-2-3-8-19(15)20/h2-11,13H,12H2,1H3,(H,24,25). The molecule has 0 unspecified atom stereocenters. The SMILES string of the molecule is Cc1c(C(=O)Nc2ccc3c(c2)Cc2ccccc2-3)oc2ccccc12. The van der Waals surface area contributed by atoms with E-state index in [4.69, 9.17) is 4.42 Å². The molecule has 1 aliphatic carbocycles. The predicted octanol–water partition coefficient (Wildman–Crippen LogP) is 5.56. The molecule has 0 aliphatic heterocycles. The summed E-state index contributed by atoms with van der Waals surface area (Å²) in [6.45, 7) is 1.92. The molecule has 0 saturated carbocycles. The number of fused-ring (bicyclic) bond motifs is 4. The van der Waals surface area contributed by atoms with Crippen LogP contribution in [0.2, 0.25) is 0 Å². The molecule has 1 heterocycles. The number of amides is 1. The molecule has 3 nitrogen and oxygen atoms in total. The van der Waals surface area contributed by atoms with Crippen molar-refractivity contribution >= 4 is 22.6 Å². The molecule has 126 valence electrons. The lowest BCUT2D eigenvalue weighted by atomic mass is 10.1. The van der Waals surface area contributed by atoms with Crippen molar-refractivity contribution in [2.75, 3.05) is 5.32 Å². The van der Waals surface area contributed by atoms with Crippen LogP contribution in [0.15, 0.2) is 71.1 Å². The van der Waals surface area contributed by atoms with Gasteiger partial charge in [0.2, 0.25) is 0 Å². The molecule has 0 atom stereocenters. The van der Waals surface area contributed by atoms with Crippen molar-refractivity contribution in [2.24, 2.45) is 0 Å². The van der Waals surface area contributed by atoms with Crippen molar-refractivity contribution in [1.29, 1.82) is 0 Å². The van der Waals surface area contributed by atoms with Gasteiger partial charge in [-0.15, -0.1) is 0 Å². The van der Waals surface area contributed by atoms with Gasteiger partial charge in [0.05, 0.1) is 0 Å². The van der Waals surface area contributed by atoms with Crippen molar-refractivity contribution in [2.45, 2.75) is 13.3 Å². The minimum Gasteiger partial charge on any atom is -0.451 e. The van der Waals surface area contributed by atoms with Gasteiger partial charge in [0.15, 0.2) is 5.76 Å². The quantitative estimate of drug-likeness (QED) is 0.457. The molecule has 1 aromatic heterocycles. The van der Waals surface area contributed by atoms with E-state index in [1.165, 1.54) is 22.3 Å². The van der Waals surface area contributed by atoms with Crippen molar-refractivity contribution in [3.63, 3.8) is 0 Å². The molecule has 3 aromatic carbocycles. The van der Waals surface area contributed by atoms with Gasteiger partial charge in [-0.25, -0.2) is 0 Å².